The van der Waals surface area contributed by atoms with Gasteiger partial charge >= 0.3 is 5.97 Å². The van der Waals surface area contributed by atoms with Gasteiger partial charge in [-0.05, 0) is 50.3 Å². The van der Waals surface area contributed by atoms with Crippen molar-refractivity contribution in [1.29, 1.82) is 0 Å². The van der Waals surface area contributed by atoms with E-state index < -0.39 is 11.8 Å². The van der Waals surface area contributed by atoms with E-state index in [0.29, 0.717) is 24.1 Å². The highest BCUT2D eigenvalue weighted by atomic mass is 16.5. The van der Waals surface area contributed by atoms with Crippen molar-refractivity contribution >= 4 is 17.5 Å². The third-order valence-electron chi connectivity index (χ3n) is 5.81. The van der Waals surface area contributed by atoms with Gasteiger partial charge in [-0.2, -0.15) is 0 Å². The van der Waals surface area contributed by atoms with E-state index in [1.165, 1.54) is 0 Å². The van der Waals surface area contributed by atoms with Gasteiger partial charge in [0.05, 0.1) is 6.10 Å². The van der Waals surface area contributed by atoms with Gasteiger partial charge in [0.25, 0.3) is 0 Å². The Morgan fingerprint density at radius 1 is 1.07 bits per heavy atom. The fraction of sp³-hybridized carbons (Fsp3) is 0.360. The molecule has 0 fully saturated rings. The van der Waals surface area contributed by atoms with Crippen LogP contribution in [0, 0.1) is 5.92 Å². The maximum Gasteiger partial charge on any atom is 0.315 e. The Bertz CT molecular complexity index is 1010. The molecule has 2 aliphatic rings. The van der Waals surface area contributed by atoms with Gasteiger partial charge in [-0.1, -0.05) is 36.4 Å². The minimum atomic E-state index is -0.618. The van der Waals surface area contributed by atoms with E-state index in [9.17, 15) is 9.59 Å². The molecule has 5 nitrogen and oxygen atoms in total. The van der Waals surface area contributed by atoms with E-state index in [0.717, 1.165) is 16.8 Å². The molecule has 0 saturated heterocycles. The van der Waals surface area contributed by atoms with Crippen LogP contribution in [-0.4, -0.2) is 28.6 Å². The Hall–Kier alpha value is -3.08. The predicted molar refractivity (Wildman–Crippen MR) is 115 cm³/mol. The van der Waals surface area contributed by atoms with Gasteiger partial charge in [0.1, 0.15) is 5.92 Å². The second kappa shape index (κ2) is 8.34. The van der Waals surface area contributed by atoms with E-state index in [1.54, 1.807) is 12.4 Å². The first kappa shape index (κ1) is 20.2. The number of nitrogens with zero attached hydrogens (tertiary/aromatic N) is 2. The zero-order chi connectivity index (χ0) is 21.3. The summed E-state index contributed by atoms with van der Waals surface area (Å²) in [4.78, 5) is 35.4. The Morgan fingerprint density at radius 2 is 1.80 bits per heavy atom. The number of Topliss-reactive ketones (excluding diaryl/α,β-unsaturated/α-hetero) is 1. The summed E-state index contributed by atoms with van der Waals surface area (Å²) in [5.74, 6) is -1.22. The van der Waals surface area contributed by atoms with Crippen LogP contribution in [0.2, 0.25) is 0 Å². The maximum absolute atomic E-state index is 13.4. The van der Waals surface area contributed by atoms with Crippen LogP contribution < -0.4 is 0 Å². The summed E-state index contributed by atoms with van der Waals surface area (Å²) in [5.41, 5.74) is 4.11. The van der Waals surface area contributed by atoms with E-state index >= 15 is 0 Å². The molecule has 1 aromatic carbocycles. The lowest BCUT2D eigenvalue weighted by Crippen LogP contribution is -2.38. The zero-order valence-electron chi connectivity index (χ0n) is 17.5. The minimum Gasteiger partial charge on any atom is -0.462 e. The minimum absolute atomic E-state index is 0.0533. The second-order valence-electron chi connectivity index (χ2n) is 8.28. The van der Waals surface area contributed by atoms with E-state index in [1.807, 2.05) is 51.1 Å². The lowest BCUT2D eigenvalue weighted by Gasteiger charge is -2.36. The van der Waals surface area contributed by atoms with Crippen LogP contribution in [-0.2, 0) is 14.3 Å². The highest BCUT2D eigenvalue weighted by Gasteiger charge is 2.45. The third kappa shape index (κ3) is 3.84. The molecule has 3 atom stereocenters. The number of aliphatic imine (C=N–C) groups is 1. The van der Waals surface area contributed by atoms with Crippen LogP contribution in [0.3, 0.4) is 0 Å². The zero-order valence-corrected chi connectivity index (χ0v) is 17.5. The largest absolute Gasteiger partial charge is 0.462 e. The summed E-state index contributed by atoms with van der Waals surface area (Å²) in [6, 6.07) is 13.8. The molecule has 4 rings (SSSR count). The molecular formula is C25H26N2O3. The Morgan fingerprint density at radius 3 is 2.47 bits per heavy atom. The fourth-order valence-electron chi connectivity index (χ4n) is 4.55. The molecule has 2 heterocycles. The molecule has 0 saturated carbocycles. The Labute approximate surface area is 176 Å². The average molecular weight is 402 g/mol. The summed E-state index contributed by atoms with van der Waals surface area (Å²) in [5, 5.41) is 0. The molecule has 1 aromatic heterocycles. The fourth-order valence-corrected chi connectivity index (χ4v) is 4.55. The molecule has 1 unspecified atom stereocenters. The predicted octanol–water partition coefficient (Wildman–Crippen LogP) is 4.61. The number of carbonyl (C=O) groups excluding carboxylic acids is 2. The molecule has 1 aliphatic carbocycles. The van der Waals surface area contributed by atoms with Crippen LogP contribution in [0.25, 0.3) is 0 Å². The number of carbonyl (C=O) groups is 2. The van der Waals surface area contributed by atoms with Crippen LogP contribution >= 0.6 is 0 Å². The molecule has 0 radical (unpaired) electrons. The van der Waals surface area contributed by atoms with Crippen molar-refractivity contribution in [3.05, 3.63) is 77.3 Å². The molecular weight excluding hydrogens is 376 g/mol. The van der Waals surface area contributed by atoms with Crippen molar-refractivity contribution < 1.29 is 14.3 Å². The molecule has 0 spiro atoms. The van der Waals surface area contributed by atoms with E-state index in [-0.39, 0.29) is 23.8 Å². The number of aromatic nitrogens is 1. The topological polar surface area (TPSA) is 68.6 Å². The number of ether oxygens (including phenoxy) is 1. The molecule has 0 N–H and O–H groups in total. The smallest absolute Gasteiger partial charge is 0.315 e. The number of ketones is 1. The number of allylic oxidation sites excluding steroid dienone is 2. The number of benzene rings is 1. The maximum atomic E-state index is 13.4. The number of esters is 1. The monoisotopic (exact) mass is 402 g/mol. The van der Waals surface area contributed by atoms with Crippen molar-refractivity contribution in [2.75, 3.05) is 0 Å². The lowest BCUT2D eigenvalue weighted by molar-refractivity contribution is -0.150. The quantitative estimate of drug-likeness (QED) is 0.701. The molecule has 30 heavy (non-hydrogen) atoms. The average Bonchev–Trinajstić information content (AvgIpc) is 2.73. The molecule has 0 amide bonds. The third-order valence-corrected chi connectivity index (χ3v) is 5.81. The van der Waals surface area contributed by atoms with Gasteiger partial charge in [-0.15, -0.1) is 0 Å². The summed E-state index contributed by atoms with van der Waals surface area (Å²) in [6.45, 7) is 5.51. The van der Waals surface area contributed by atoms with Crippen LogP contribution in [0.5, 0.6) is 0 Å². The van der Waals surface area contributed by atoms with Gasteiger partial charge in [0.2, 0.25) is 0 Å². The summed E-state index contributed by atoms with van der Waals surface area (Å²) in [7, 11) is 0. The van der Waals surface area contributed by atoms with E-state index in [4.69, 9.17) is 9.73 Å². The van der Waals surface area contributed by atoms with Gasteiger partial charge in [0.15, 0.2) is 5.78 Å². The van der Waals surface area contributed by atoms with Crippen molar-refractivity contribution in [3.8, 4) is 0 Å². The van der Waals surface area contributed by atoms with Crippen molar-refractivity contribution in [2.45, 2.75) is 51.6 Å². The second-order valence-corrected chi connectivity index (χ2v) is 8.28. The Kier molecular flexibility index (Phi) is 5.62. The van der Waals surface area contributed by atoms with Gasteiger partial charge in [-0.25, -0.2) is 0 Å². The summed E-state index contributed by atoms with van der Waals surface area (Å²) in [6.07, 6.45) is 4.29. The first-order chi connectivity index (χ1) is 14.5. The summed E-state index contributed by atoms with van der Waals surface area (Å²) < 4.78 is 5.54. The Balaban J connectivity index is 1.78. The molecule has 2 aromatic rings. The van der Waals surface area contributed by atoms with Gasteiger partial charge in [0, 0.05) is 41.7 Å². The standard InChI is InChI=1S/C25H26N2O3/c1-15(2)30-25(29)22-16(3)27-20-12-19(17-8-5-4-6-9-17)13-21(28)24(20)23(22)18-10-7-11-26-14-18/h4-11,14-15,19,22-23H,12-13H2,1-3H3/t19-,22?,23+/m1/s1. The number of rotatable bonds is 4. The number of pyridine rings is 1. The van der Waals surface area contributed by atoms with Gasteiger partial charge < -0.3 is 4.74 Å². The molecule has 1 aliphatic heterocycles. The molecule has 0 bridgehead atoms. The number of hydrogen-bond acceptors (Lipinski definition) is 5. The van der Waals surface area contributed by atoms with Crippen molar-refractivity contribution in [3.63, 3.8) is 0 Å². The van der Waals surface area contributed by atoms with Crippen LogP contribution in [0.15, 0.2) is 71.1 Å². The van der Waals surface area contributed by atoms with Crippen LogP contribution in [0.4, 0.5) is 0 Å². The number of hydrogen-bond donors (Lipinski definition) is 0. The van der Waals surface area contributed by atoms with Crippen LogP contribution in [0.1, 0.15) is 56.6 Å². The normalized spacial score (nSPS) is 23.8. The highest BCUT2D eigenvalue weighted by molar-refractivity contribution is 6.09. The molecule has 154 valence electrons. The highest BCUT2D eigenvalue weighted by Crippen LogP contribution is 2.46. The first-order valence-electron chi connectivity index (χ1n) is 10.4. The SMILES string of the molecule is CC1=NC2=C(C(=O)C[C@H](c3ccccc3)C2)[C@@H](c2cccnc2)C1C(=O)OC(C)C. The van der Waals surface area contributed by atoms with E-state index in [2.05, 4.69) is 17.1 Å². The van der Waals surface area contributed by atoms with Crippen molar-refractivity contribution in [1.82, 2.24) is 4.98 Å². The van der Waals surface area contributed by atoms with Crippen molar-refractivity contribution in [2.24, 2.45) is 10.9 Å². The lowest BCUT2D eigenvalue weighted by atomic mass is 9.69. The molecule has 5 heteroatoms. The van der Waals surface area contributed by atoms with Gasteiger partial charge in [-0.3, -0.25) is 19.6 Å². The first-order valence-corrected chi connectivity index (χ1v) is 10.4. The summed E-state index contributed by atoms with van der Waals surface area (Å²) >= 11 is 0.